The summed E-state index contributed by atoms with van der Waals surface area (Å²) in [6.07, 6.45) is 5.94. The van der Waals surface area contributed by atoms with E-state index in [4.69, 9.17) is 0 Å². The fourth-order valence-electron chi connectivity index (χ4n) is 2.09. The van der Waals surface area contributed by atoms with Gasteiger partial charge < -0.3 is 16.0 Å². The Kier molecular flexibility index (Phi) is 10.2. The highest BCUT2D eigenvalue weighted by atomic mass is 127. The van der Waals surface area contributed by atoms with Gasteiger partial charge in [-0.1, -0.05) is 6.92 Å². The van der Waals surface area contributed by atoms with Gasteiger partial charge in [-0.05, 0) is 26.2 Å². The zero-order valence-electron chi connectivity index (χ0n) is 14.4. The van der Waals surface area contributed by atoms with Crippen molar-refractivity contribution in [2.75, 3.05) is 26.2 Å². The molecule has 1 aromatic heterocycles. The fraction of sp³-hybridized carbons (Fsp3) is 0.688. The van der Waals surface area contributed by atoms with E-state index in [0.717, 1.165) is 43.2 Å². The van der Waals surface area contributed by atoms with Crippen LogP contribution in [-0.2, 0) is 17.6 Å². The van der Waals surface area contributed by atoms with Gasteiger partial charge in [0.2, 0.25) is 5.91 Å². The number of rotatable bonds is 9. The van der Waals surface area contributed by atoms with E-state index in [0.29, 0.717) is 19.6 Å². The topological polar surface area (TPSA) is 78.4 Å². The molecular formula is C16H28IN5OS. The van der Waals surface area contributed by atoms with E-state index >= 15 is 0 Å². The number of halogens is 1. The molecule has 1 aliphatic rings. The van der Waals surface area contributed by atoms with Crippen molar-refractivity contribution < 1.29 is 4.79 Å². The molecule has 3 N–H and O–H groups in total. The average molecular weight is 465 g/mol. The maximum absolute atomic E-state index is 11.5. The number of thiazole rings is 1. The van der Waals surface area contributed by atoms with Gasteiger partial charge in [-0.25, -0.2) is 4.98 Å². The fourth-order valence-corrected chi connectivity index (χ4v) is 2.94. The average Bonchev–Trinajstić information content (AvgIpc) is 3.31. The molecule has 1 saturated carbocycles. The lowest BCUT2D eigenvalue weighted by Gasteiger charge is -2.11. The molecule has 0 unspecified atom stereocenters. The molecule has 0 atom stereocenters. The van der Waals surface area contributed by atoms with Gasteiger partial charge >= 0.3 is 0 Å². The van der Waals surface area contributed by atoms with E-state index in [9.17, 15) is 4.79 Å². The third-order valence-electron chi connectivity index (χ3n) is 3.55. The van der Waals surface area contributed by atoms with Gasteiger partial charge in [-0.2, -0.15) is 0 Å². The lowest BCUT2D eigenvalue weighted by molar-refractivity contribution is -0.122. The van der Waals surface area contributed by atoms with Crippen LogP contribution in [0.4, 0.5) is 0 Å². The monoisotopic (exact) mass is 465 g/mol. The molecule has 2 rings (SSSR count). The molecule has 0 aliphatic heterocycles. The van der Waals surface area contributed by atoms with E-state index in [1.54, 1.807) is 11.3 Å². The van der Waals surface area contributed by atoms with Gasteiger partial charge in [0.15, 0.2) is 5.96 Å². The van der Waals surface area contributed by atoms with Crippen LogP contribution in [0, 0.1) is 5.92 Å². The van der Waals surface area contributed by atoms with Crippen molar-refractivity contribution in [3.8, 4) is 0 Å². The molecule has 0 radical (unpaired) electrons. The number of hydrogen-bond acceptors (Lipinski definition) is 4. The lowest BCUT2D eigenvalue weighted by atomic mass is 10.4. The largest absolute Gasteiger partial charge is 0.357 e. The van der Waals surface area contributed by atoms with Gasteiger partial charge in [0, 0.05) is 49.6 Å². The summed E-state index contributed by atoms with van der Waals surface area (Å²) in [7, 11) is 0. The molecule has 1 heterocycles. The quantitative estimate of drug-likeness (QED) is 0.226. The molecule has 0 aromatic carbocycles. The molecule has 8 heteroatoms. The highest BCUT2D eigenvalue weighted by Crippen LogP contribution is 2.28. The van der Waals surface area contributed by atoms with E-state index in [1.165, 1.54) is 4.88 Å². The van der Waals surface area contributed by atoms with Crippen LogP contribution in [0.15, 0.2) is 11.2 Å². The van der Waals surface area contributed by atoms with Crippen molar-refractivity contribution in [1.82, 2.24) is 20.9 Å². The summed E-state index contributed by atoms with van der Waals surface area (Å²) in [6, 6.07) is 0. The smallest absolute Gasteiger partial charge is 0.223 e. The summed E-state index contributed by atoms with van der Waals surface area (Å²) in [5.74, 6) is 1.24. The molecule has 136 valence electrons. The highest BCUT2D eigenvalue weighted by Gasteiger charge is 2.28. The van der Waals surface area contributed by atoms with Crippen molar-refractivity contribution in [3.05, 3.63) is 16.1 Å². The molecule has 0 bridgehead atoms. The van der Waals surface area contributed by atoms with Crippen molar-refractivity contribution in [2.45, 2.75) is 39.5 Å². The number of amides is 1. The minimum Gasteiger partial charge on any atom is -0.357 e. The number of carbonyl (C=O) groups is 1. The van der Waals surface area contributed by atoms with Crippen LogP contribution in [-0.4, -0.2) is 43.0 Å². The Balaban J connectivity index is 0.00000288. The first kappa shape index (κ1) is 21.1. The number of aliphatic imine (C=N–C) groups is 1. The van der Waals surface area contributed by atoms with Gasteiger partial charge in [-0.3, -0.25) is 9.79 Å². The van der Waals surface area contributed by atoms with Crippen LogP contribution in [0.25, 0.3) is 0 Å². The zero-order valence-corrected chi connectivity index (χ0v) is 17.6. The van der Waals surface area contributed by atoms with Crippen LogP contribution < -0.4 is 16.0 Å². The van der Waals surface area contributed by atoms with Gasteiger partial charge in [-0.15, -0.1) is 35.3 Å². The molecule has 1 amide bonds. The Morgan fingerprint density at radius 3 is 2.67 bits per heavy atom. The first-order chi connectivity index (χ1) is 11.2. The second-order valence-corrected chi connectivity index (χ2v) is 6.78. The number of aromatic nitrogens is 1. The second kappa shape index (κ2) is 11.6. The standard InChI is InChI=1S/C16H27N5OS.HI/c1-3-13-11-21-14(23-13)7-8-19-16(17-4-2)20-10-9-18-15(22)12-5-6-12;/h11-12H,3-10H2,1-2H3,(H,18,22)(H2,17,19,20);1H. The Bertz CT molecular complexity index is 530. The van der Waals surface area contributed by atoms with E-state index < -0.39 is 0 Å². The first-order valence-electron chi connectivity index (χ1n) is 8.46. The van der Waals surface area contributed by atoms with E-state index in [2.05, 4.69) is 32.9 Å². The van der Waals surface area contributed by atoms with Crippen molar-refractivity contribution >= 4 is 47.2 Å². The van der Waals surface area contributed by atoms with Crippen LogP contribution in [0.2, 0.25) is 0 Å². The van der Waals surface area contributed by atoms with Crippen molar-refractivity contribution in [1.29, 1.82) is 0 Å². The van der Waals surface area contributed by atoms with E-state index in [1.807, 2.05) is 13.1 Å². The number of hydrogen-bond donors (Lipinski definition) is 3. The van der Waals surface area contributed by atoms with Crippen molar-refractivity contribution in [3.63, 3.8) is 0 Å². The third kappa shape index (κ3) is 7.78. The molecule has 6 nitrogen and oxygen atoms in total. The molecule has 0 spiro atoms. The summed E-state index contributed by atoms with van der Waals surface area (Å²) in [5.41, 5.74) is 0. The molecule has 1 aromatic rings. The van der Waals surface area contributed by atoms with Crippen LogP contribution >= 0.6 is 35.3 Å². The Morgan fingerprint density at radius 1 is 1.29 bits per heavy atom. The van der Waals surface area contributed by atoms with Gasteiger partial charge in [0.25, 0.3) is 0 Å². The number of nitrogens with one attached hydrogen (secondary N) is 3. The predicted octanol–water partition coefficient (Wildman–Crippen LogP) is 1.95. The van der Waals surface area contributed by atoms with Crippen LogP contribution in [0.3, 0.4) is 0 Å². The maximum atomic E-state index is 11.5. The van der Waals surface area contributed by atoms with Gasteiger partial charge in [0.1, 0.15) is 0 Å². The minimum atomic E-state index is 0. The normalized spacial score (nSPS) is 14.0. The van der Waals surface area contributed by atoms with Crippen molar-refractivity contribution in [2.24, 2.45) is 10.9 Å². The van der Waals surface area contributed by atoms with E-state index in [-0.39, 0.29) is 35.8 Å². The molecule has 1 fully saturated rings. The maximum Gasteiger partial charge on any atom is 0.223 e. The summed E-state index contributed by atoms with van der Waals surface area (Å²) >= 11 is 1.76. The second-order valence-electron chi connectivity index (χ2n) is 5.58. The Hall–Kier alpha value is -0.900. The predicted molar refractivity (Wildman–Crippen MR) is 110 cm³/mol. The van der Waals surface area contributed by atoms with Gasteiger partial charge in [0.05, 0.1) is 5.01 Å². The summed E-state index contributed by atoms with van der Waals surface area (Å²) in [5, 5.41) is 10.5. The third-order valence-corrected chi connectivity index (χ3v) is 4.76. The molecule has 1 aliphatic carbocycles. The number of guanidine groups is 1. The number of carbonyl (C=O) groups excluding carboxylic acids is 1. The van der Waals surface area contributed by atoms with Crippen LogP contribution in [0.1, 0.15) is 36.6 Å². The summed E-state index contributed by atoms with van der Waals surface area (Å²) in [4.78, 5) is 21.8. The molecule has 24 heavy (non-hydrogen) atoms. The minimum absolute atomic E-state index is 0. The lowest BCUT2D eigenvalue weighted by Crippen LogP contribution is -2.41. The number of nitrogens with zero attached hydrogens (tertiary/aromatic N) is 2. The SMILES string of the molecule is CCNC(=NCCc1ncc(CC)s1)NCCNC(=O)C1CC1.I. The molecular weight excluding hydrogens is 437 g/mol. The summed E-state index contributed by atoms with van der Waals surface area (Å²) in [6.45, 7) is 7.02. The Morgan fingerprint density at radius 2 is 2.04 bits per heavy atom. The highest BCUT2D eigenvalue weighted by molar-refractivity contribution is 14.0. The summed E-state index contributed by atoms with van der Waals surface area (Å²) < 4.78 is 0. The number of aryl methyl sites for hydroxylation is 1. The zero-order chi connectivity index (χ0) is 16.5. The Labute approximate surface area is 165 Å². The van der Waals surface area contributed by atoms with Crippen LogP contribution in [0.5, 0.6) is 0 Å². The molecule has 0 saturated heterocycles. The first-order valence-corrected chi connectivity index (χ1v) is 9.28.